The molecule has 12 heteroatoms. The van der Waals surface area contributed by atoms with Crippen molar-refractivity contribution >= 4 is 45.1 Å². The number of methoxy groups -OCH3 is 1. The lowest BCUT2D eigenvalue weighted by molar-refractivity contribution is -0.120. The van der Waals surface area contributed by atoms with Crippen LogP contribution in [0.5, 0.6) is 0 Å². The summed E-state index contributed by atoms with van der Waals surface area (Å²) < 4.78 is 50.8. The second-order valence-electron chi connectivity index (χ2n) is 8.82. The van der Waals surface area contributed by atoms with E-state index in [1.165, 1.54) is 0 Å². The minimum atomic E-state index is -4.30. The number of anilines is 1. The maximum Gasteiger partial charge on any atom is 0.408 e. The molecule has 35 heavy (non-hydrogen) atoms. The number of rotatable bonds is 4. The third-order valence-electron chi connectivity index (χ3n) is 4.97. The highest BCUT2D eigenvalue weighted by Crippen LogP contribution is 2.34. The molecule has 2 aromatic rings. The lowest BCUT2D eigenvalue weighted by Crippen LogP contribution is -2.51. The van der Waals surface area contributed by atoms with Gasteiger partial charge in [0.05, 0.1) is 35.6 Å². The van der Waals surface area contributed by atoms with Gasteiger partial charge in [-0.3, -0.25) is 4.79 Å². The first-order chi connectivity index (χ1) is 16.2. The molecule has 0 spiro atoms. The lowest BCUT2D eigenvalue weighted by atomic mass is 10.1. The van der Waals surface area contributed by atoms with Crippen LogP contribution in [0.2, 0.25) is 5.02 Å². The van der Waals surface area contributed by atoms with Crippen LogP contribution in [0.1, 0.15) is 36.7 Å². The van der Waals surface area contributed by atoms with Crippen molar-refractivity contribution in [3.63, 3.8) is 0 Å². The highest BCUT2D eigenvalue weighted by molar-refractivity contribution is 7.91. The molecule has 0 radical (unpaired) electrons. The number of hydrogen-bond donors (Lipinski definition) is 1. The molecule has 9 nitrogen and oxygen atoms in total. The Balaban J connectivity index is 2.15. The minimum Gasteiger partial charge on any atom is -0.465 e. The summed E-state index contributed by atoms with van der Waals surface area (Å²) in [7, 11) is -3.26. The Kier molecular flexibility index (Phi) is 7.42. The molecule has 0 unspecified atom stereocenters. The molecule has 0 fully saturated rings. The molecule has 188 valence electrons. The van der Waals surface area contributed by atoms with Crippen LogP contribution in [-0.2, 0) is 30.7 Å². The number of hydrogen-bond acceptors (Lipinski definition) is 7. The zero-order chi connectivity index (χ0) is 26.1. The molecule has 0 aromatic heterocycles. The molecule has 1 aliphatic rings. The Morgan fingerprint density at radius 2 is 1.83 bits per heavy atom. The van der Waals surface area contributed by atoms with Crippen LogP contribution >= 0.6 is 11.6 Å². The van der Waals surface area contributed by atoms with Gasteiger partial charge in [0.15, 0.2) is 9.84 Å². The van der Waals surface area contributed by atoms with Crippen LogP contribution < -0.4 is 10.2 Å². The number of ether oxygens (including phenoxy) is 2. The summed E-state index contributed by atoms with van der Waals surface area (Å²) in [5, 5.41) is 2.75. The summed E-state index contributed by atoms with van der Waals surface area (Å²) >= 11 is 5.94. The number of carbonyl (C=O) groups excluding carboxylic acids is 3. The third-order valence-corrected chi connectivity index (χ3v) is 7.00. The molecule has 0 saturated carbocycles. The fourth-order valence-electron chi connectivity index (χ4n) is 3.45. The van der Waals surface area contributed by atoms with Gasteiger partial charge in [0, 0.05) is 5.02 Å². The maximum absolute atomic E-state index is 14.7. The van der Waals surface area contributed by atoms with E-state index < -0.39 is 61.5 Å². The van der Waals surface area contributed by atoms with Crippen LogP contribution in [-0.4, -0.2) is 50.9 Å². The van der Waals surface area contributed by atoms with E-state index >= 15 is 0 Å². The summed E-state index contributed by atoms with van der Waals surface area (Å²) in [4.78, 5) is 38.6. The van der Waals surface area contributed by atoms with Crippen molar-refractivity contribution in [2.75, 3.05) is 17.8 Å². The second-order valence-corrected chi connectivity index (χ2v) is 11.3. The first-order valence-corrected chi connectivity index (χ1v) is 12.4. The first-order valence-electron chi connectivity index (χ1n) is 10.4. The zero-order valence-electron chi connectivity index (χ0n) is 19.4. The van der Waals surface area contributed by atoms with Crippen molar-refractivity contribution < 1.29 is 36.7 Å². The van der Waals surface area contributed by atoms with E-state index in [9.17, 15) is 27.2 Å². The molecule has 3 rings (SSSR count). The normalized spacial score (nSPS) is 17.3. The van der Waals surface area contributed by atoms with Gasteiger partial charge in [0.25, 0.3) is 5.91 Å². The molecule has 0 aliphatic carbocycles. The number of fused-ring (bicyclic) bond motifs is 1. The molecular formula is C23H24ClFN2O7S. The SMILES string of the molecule is COC(=O)c1cc2c(cc1F)S(=O)(=O)C[C@H](NC(=O)OC(C)(C)C)C(=O)N2Cc1ccc(Cl)cc1. The Hall–Kier alpha value is -3.18. The molecule has 2 aromatic carbocycles. The number of esters is 1. The highest BCUT2D eigenvalue weighted by atomic mass is 35.5. The molecule has 1 atom stereocenters. The van der Waals surface area contributed by atoms with Crippen LogP contribution in [0.4, 0.5) is 14.9 Å². The number of sulfone groups is 1. The average Bonchev–Trinajstić information content (AvgIpc) is 2.82. The molecule has 1 heterocycles. The smallest absolute Gasteiger partial charge is 0.408 e. The van der Waals surface area contributed by atoms with Gasteiger partial charge in [-0.1, -0.05) is 23.7 Å². The number of halogens is 2. The Morgan fingerprint density at radius 3 is 2.40 bits per heavy atom. The van der Waals surface area contributed by atoms with Gasteiger partial charge in [0.2, 0.25) is 0 Å². The number of alkyl carbamates (subject to hydrolysis) is 1. The fourth-order valence-corrected chi connectivity index (χ4v) is 5.19. The summed E-state index contributed by atoms with van der Waals surface area (Å²) in [5.41, 5.74) is -1.11. The Morgan fingerprint density at radius 1 is 1.20 bits per heavy atom. The minimum absolute atomic E-state index is 0.155. The van der Waals surface area contributed by atoms with E-state index in [-0.39, 0.29) is 12.2 Å². The van der Waals surface area contributed by atoms with Crippen molar-refractivity contribution in [3.8, 4) is 0 Å². The van der Waals surface area contributed by atoms with Crippen molar-refractivity contribution in [2.45, 2.75) is 43.9 Å². The monoisotopic (exact) mass is 526 g/mol. The summed E-state index contributed by atoms with van der Waals surface area (Å²) in [5.74, 6) is -3.81. The largest absolute Gasteiger partial charge is 0.465 e. The van der Waals surface area contributed by atoms with Crippen molar-refractivity contribution in [1.82, 2.24) is 5.32 Å². The number of benzene rings is 2. The Bertz CT molecular complexity index is 1270. The van der Waals surface area contributed by atoms with Gasteiger partial charge < -0.3 is 19.7 Å². The topological polar surface area (TPSA) is 119 Å². The predicted molar refractivity (Wildman–Crippen MR) is 126 cm³/mol. The van der Waals surface area contributed by atoms with E-state index in [4.69, 9.17) is 16.3 Å². The number of nitrogens with one attached hydrogen (secondary N) is 1. The lowest BCUT2D eigenvalue weighted by Gasteiger charge is -2.27. The van der Waals surface area contributed by atoms with Gasteiger partial charge >= 0.3 is 12.1 Å². The van der Waals surface area contributed by atoms with Gasteiger partial charge in [-0.25, -0.2) is 22.4 Å². The summed E-state index contributed by atoms with van der Waals surface area (Å²) in [6.07, 6.45) is -0.995. The third kappa shape index (κ3) is 6.09. The molecule has 2 amide bonds. The van der Waals surface area contributed by atoms with Crippen LogP contribution in [0.15, 0.2) is 41.3 Å². The average molecular weight is 527 g/mol. The van der Waals surface area contributed by atoms with Crippen molar-refractivity contribution in [2.24, 2.45) is 0 Å². The van der Waals surface area contributed by atoms with Crippen LogP contribution in [0.3, 0.4) is 0 Å². The van der Waals surface area contributed by atoms with Crippen molar-refractivity contribution in [1.29, 1.82) is 0 Å². The van der Waals surface area contributed by atoms with Gasteiger partial charge in [0.1, 0.15) is 17.5 Å². The van der Waals surface area contributed by atoms with Crippen molar-refractivity contribution in [3.05, 3.63) is 58.4 Å². The van der Waals surface area contributed by atoms with E-state index in [0.717, 1.165) is 18.1 Å². The van der Waals surface area contributed by atoms with Crippen LogP contribution in [0, 0.1) is 5.82 Å². The standard InChI is InChI=1S/C23H24ClFN2O7S/c1-23(2,3)34-22(30)26-17-12-35(31,32)19-10-16(25)15(21(29)33-4)9-18(19)27(20(17)28)11-13-5-7-14(24)8-6-13/h5-10,17H,11-12H2,1-4H3,(H,26,30)/t17-/m0/s1. The number of amides is 2. The maximum atomic E-state index is 14.7. The summed E-state index contributed by atoms with van der Waals surface area (Å²) in [6, 6.07) is 6.49. The van der Waals surface area contributed by atoms with Gasteiger partial charge in [-0.15, -0.1) is 0 Å². The predicted octanol–water partition coefficient (Wildman–Crippen LogP) is 3.48. The van der Waals surface area contributed by atoms with Gasteiger partial charge in [-0.05, 0) is 50.6 Å². The van der Waals surface area contributed by atoms with Gasteiger partial charge in [-0.2, -0.15) is 0 Å². The second kappa shape index (κ2) is 9.82. The Labute approximate surface area is 207 Å². The van der Waals surface area contributed by atoms with E-state index in [1.807, 2.05) is 0 Å². The number of nitrogens with zero attached hydrogens (tertiary/aromatic N) is 1. The molecule has 0 saturated heterocycles. The fraction of sp³-hybridized carbons (Fsp3) is 0.348. The highest BCUT2D eigenvalue weighted by Gasteiger charge is 2.40. The quantitative estimate of drug-likeness (QED) is 0.606. The summed E-state index contributed by atoms with van der Waals surface area (Å²) in [6.45, 7) is 4.67. The van der Waals surface area contributed by atoms with E-state index in [0.29, 0.717) is 16.7 Å². The number of carbonyl (C=O) groups is 3. The molecule has 1 N–H and O–H groups in total. The molecular weight excluding hydrogens is 503 g/mol. The van der Waals surface area contributed by atoms with E-state index in [2.05, 4.69) is 10.1 Å². The molecule has 1 aliphatic heterocycles. The first kappa shape index (κ1) is 26.4. The molecule has 0 bridgehead atoms. The van der Waals surface area contributed by atoms with Crippen LogP contribution in [0.25, 0.3) is 0 Å². The zero-order valence-corrected chi connectivity index (χ0v) is 21.0. The van der Waals surface area contributed by atoms with E-state index in [1.54, 1.807) is 45.0 Å².